The molecule has 0 saturated heterocycles. The third-order valence-electron chi connectivity index (χ3n) is 3.82. The van der Waals surface area contributed by atoms with Crippen LogP contribution >= 0.6 is 11.3 Å². The van der Waals surface area contributed by atoms with Crippen LogP contribution in [0.4, 0.5) is 0 Å². The largest absolute Gasteiger partial charge is 0.336 e. The van der Waals surface area contributed by atoms with Gasteiger partial charge in [0.1, 0.15) is 0 Å². The van der Waals surface area contributed by atoms with Gasteiger partial charge in [-0.25, -0.2) is 0 Å². The van der Waals surface area contributed by atoms with Gasteiger partial charge in [0.2, 0.25) is 5.91 Å². The average Bonchev–Trinajstić information content (AvgIpc) is 3.07. The fourth-order valence-corrected chi connectivity index (χ4v) is 3.22. The Bertz CT molecular complexity index is 641. The van der Waals surface area contributed by atoms with E-state index in [1.165, 1.54) is 4.88 Å². The first kappa shape index (κ1) is 16.3. The fraction of sp³-hybridized carbons (Fsp3) is 0.333. The number of hydrogen-bond donors (Lipinski definition) is 0. The maximum Gasteiger partial charge on any atom is 0.223 e. The molecule has 0 saturated carbocycles. The highest BCUT2D eigenvalue weighted by Gasteiger charge is 2.19. The molecule has 1 aromatic carbocycles. The van der Waals surface area contributed by atoms with Crippen LogP contribution in [0.25, 0.3) is 0 Å². The molecule has 114 valence electrons. The quantitative estimate of drug-likeness (QED) is 0.804. The fourth-order valence-electron chi connectivity index (χ4n) is 2.51. The van der Waals surface area contributed by atoms with Crippen LogP contribution in [0.5, 0.6) is 0 Å². The van der Waals surface area contributed by atoms with Crippen molar-refractivity contribution in [3.63, 3.8) is 0 Å². The third kappa shape index (κ3) is 3.96. The Balaban J connectivity index is 2.02. The van der Waals surface area contributed by atoms with Gasteiger partial charge in [0.15, 0.2) is 0 Å². The van der Waals surface area contributed by atoms with Crippen LogP contribution in [0.2, 0.25) is 0 Å². The minimum absolute atomic E-state index is 0.0218. The first-order valence-corrected chi connectivity index (χ1v) is 8.35. The van der Waals surface area contributed by atoms with Crippen LogP contribution < -0.4 is 0 Å². The van der Waals surface area contributed by atoms with Gasteiger partial charge in [-0.05, 0) is 49.4 Å². The Morgan fingerprint density at radius 1 is 1.32 bits per heavy atom. The van der Waals surface area contributed by atoms with Gasteiger partial charge in [-0.1, -0.05) is 18.2 Å². The maximum absolute atomic E-state index is 12.5. The van der Waals surface area contributed by atoms with E-state index in [0.717, 1.165) is 12.0 Å². The smallest absolute Gasteiger partial charge is 0.223 e. The highest BCUT2D eigenvalue weighted by atomic mass is 32.1. The van der Waals surface area contributed by atoms with E-state index in [0.29, 0.717) is 18.5 Å². The van der Waals surface area contributed by atoms with Gasteiger partial charge in [-0.2, -0.15) is 5.26 Å². The third-order valence-corrected chi connectivity index (χ3v) is 4.75. The molecule has 0 aliphatic rings. The van der Waals surface area contributed by atoms with E-state index in [2.05, 4.69) is 12.1 Å². The van der Waals surface area contributed by atoms with Crippen molar-refractivity contribution in [3.8, 4) is 6.07 Å². The Hall–Kier alpha value is -2.12. The van der Waals surface area contributed by atoms with Crippen molar-refractivity contribution >= 4 is 17.2 Å². The van der Waals surface area contributed by atoms with Crippen molar-refractivity contribution in [3.05, 3.63) is 57.8 Å². The number of carbonyl (C=O) groups excluding carboxylic acids is 1. The summed E-state index contributed by atoms with van der Waals surface area (Å²) in [5.74, 6) is 0.174. The van der Waals surface area contributed by atoms with Crippen molar-refractivity contribution in [2.45, 2.75) is 32.7 Å². The lowest BCUT2D eigenvalue weighted by atomic mass is 10.0. The summed E-state index contributed by atoms with van der Waals surface area (Å²) in [4.78, 5) is 15.6. The van der Waals surface area contributed by atoms with Gasteiger partial charge < -0.3 is 4.90 Å². The lowest BCUT2D eigenvalue weighted by Gasteiger charge is -2.28. The Kier molecular flexibility index (Phi) is 5.74. The van der Waals surface area contributed by atoms with E-state index in [-0.39, 0.29) is 11.9 Å². The lowest BCUT2D eigenvalue weighted by Crippen LogP contribution is -2.33. The molecule has 3 nitrogen and oxygen atoms in total. The lowest BCUT2D eigenvalue weighted by molar-refractivity contribution is -0.133. The molecule has 22 heavy (non-hydrogen) atoms. The van der Waals surface area contributed by atoms with Crippen molar-refractivity contribution in [2.75, 3.05) is 6.54 Å². The van der Waals surface area contributed by atoms with Crippen LogP contribution in [0.1, 0.15) is 42.3 Å². The number of thiophene rings is 1. The van der Waals surface area contributed by atoms with E-state index in [4.69, 9.17) is 5.26 Å². The second kappa shape index (κ2) is 7.77. The summed E-state index contributed by atoms with van der Waals surface area (Å²) < 4.78 is 0. The van der Waals surface area contributed by atoms with Crippen molar-refractivity contribution < 1.29 is 4.79 Å². The molecule has 0 aliphatic carbocycles. The maximum atomic E-state index is 12.5. The predicted octanol–water partition coefficient (Wildman–Crippen LogP) is 4.16. The summed E-state index contributed by atoms with van der Waals surface area (Å²) in [6.07, 6.45) is 1.34. The summed E-state index contributed by atoms with van der Waals surface area (Å²) >= 11 is 1.69. The molecule has 4 heteroatoms. The molecular formula is C18H20N2OS. The monoisotopic (exact) mass is 312 g/mol. The minimum atomic E-state index is 0.0218. The summed E-state index contributed by atoms with van der Waals surface area (Å²) in [5, 5.41) is 10.9. The number of nitrogens with zero attached hydrogens (tertiary/aromatic N) is 2. The molecule has 1 aromatic heterocycles. The molecular weight excluding hydrogens is 292 g/mol. The number of benzene rings is 1. The van der Waals surface area contributed by atoms with E-state index < -0.39 is 0 Å². The van der Waals surface area contributed by atoms with E-state index >= 15 is 0 Å². The van der Waals surface area contributed by atoms with Gasteiger partial charge in [-0.15, -0.1) is 11.3 Å². The Morgan fingerprint density at radius 3 is 2.59 bits per heavy atom. The summed E-state index contributed by atoms with van der Waals surface area (Å²) in [6.45, 7) is 4.72. The first-order chi connectivity index (χ1) is 10.7. The SMILES string of the molecule is CCN(C(=O)CCc1cccs1)[C@H](C)c1ccc(C#N)cc1. The van der Waals surface area contributed by atoms with Crippen LogP contribution in [0.15, 0.2) is 41.8 Å². The van der Waals surface area contributed by atoms with Crippen molar-refractivity contribution in [1.29, 1.82) is 5.26 Å². The summed E-state index contributed by atoms with van der Waals surface area (Å²) in [5.41, 5.74) is 1.70. The van der Waals surface area contributed by atoms with E-state index in [9.17, 15) is 4.79 Å². The average molecular weight is 312 g/mol. The zero-order chi connectivity index (χ0) is 15.9. The second-order valence-corrected chi connectivity index (χ2v) is 6.20. The molecule has 0 unspecified atom stereocenters. The molecule has 0 spiro atoms. The zero-order valence-electron chi connectivity index (χ0n) is 13.0. The molecule has 0 fully saturated rings. The first-order valence-electron chi connectivity index (χ1n) is 7.47. The van der Waals surface area contributed by atoms with Gasteiger partial charge in [0, 0.05) is 17.8 Å². The minimum Gasteiger partial charge on any atom is -0.336 e. The van der Waals surface area contributed by atoms with Gasteiger partial charge in [-0.3, -0.25) is 4.79 Å². The Morgan fingerprint density at radius 2 is 2.05 bits per heavy atom. The molecule has 0 bridgehead atoms. The highest BCUT2D eigenvalue weighted by molar-refractivity contribution is 7.09. The normalized spacial score (nSPS) is 11.7. The number of carbonyl (C=O) groups is 1. The van der Waals surface area contributed by atoms with Gasteiger partial charge in [0.05, 0.1) is 17.7 Å². The number of aryl methyl sites for hydroxylation is 1. The standard InChI is InChI=1S/C18H20N2OS/c1-3-20(18(21)11-10-17-5-4-12-22-17)14(2)16-8-6-15(13-19)7-9-16/h4-9,12,14H,3,10-11H2,1-2H3/t14-/m1/s1. The molecule has 2 aromatic rings. The molecule has 0 aliphatic heterocycles. The van der Waals surface area contributed by atoms with Gasteiger partial charge in [0.25, 0.3) is 0 Å². The van der Waals surface area contributed by atoms with E-state index in [1.807, 2.05) is 42.3 Å². The number of rotatable bonds is 6. The summed E-state index contributed by atoms with van der Waals surface area (Å²) in [7, 11) is 0. The molecule has 1 heterocycles. The molecule has 0 N–H and O–H groups in total. The van der Waals surface area contributed by atoms with Crippen LogP contribution in [0, 0.1) is 11.3 Å². The summed E-state index contributed by atoms with van der Waals surface area (Å²) in [6, 6.07) is 13.7. The predicted molar refractivity (Wildman–Crippen MR) is 89.6 cm³/mol. The van der Waals surface area contributed by atoms with Crippen LogP contribution in [-0.2, 0) is 11.2 Å². The van der Waals surface area contributed by atoms with Crippen LogP contribution in [-0.4, -0.2) is 17.4 Å². The van der Waals surface area contributed by atoms with Gasteiger partial charge >= 0.3 is 0 Å². The zero-order valence-corrected chi connectivity index (χ0v) is 13.8. The number of amides is 1. The Labute approximate surface area is 135 Å². The number of nitriles is 1. The second-order valence-electron chi connectivity index (χ2n) is 5.17. The molecule has 0 radical (unpaired) electrons. The van der Waals surface area contributed by atoms with Crippen molar-refractivity contribution in [1.82, 2.24) is 4.90 Å². The van der Waals surface area contributed by atoms with Crippen LogP contribution in [0.3, 0.4) is 0 Å². The topological polar surface area (TPSA) is 44.1 Å². The molecule has 1 atom stereocenters. The molecule has 2 rings (SSSR count). The number of hydrogen-bond acceptors (Lipinski definition) is 3. The highest BCUT2D eigenvalue weighted by Crippen LogP contribution is 2.22. The molecule has 1 amide bonds. The van der Waals surface area contributed by atoms with Crippen molar-refractivity contribution in [2.24, 2.45) is 0 Å². The van der Waals surface area contributed by atoms with E-state index in [1.54, 1.807) is 23.5 Å².